The smallest absolute Gasteiger partial charge is 0.344 e. The second-order valence-electron chi connectivity index (χ2n) is 9.00. The van der Waals surface area contributed by atoms with Crippen molar-refractivity contribution < 1.29 is 31.1 Å². The van der Waals surface area contributed by atoms with Crippen LogP contribution in [-0.2, 0) is 18.9 Å². The van der Waals surface area contributed by atoms with Crippen molar-refractivity contribution in [1.29, 1.82) is 0 Å². The second kappa shape index (κ2) is 9.40. The van der Waals surface area contributed by atoms with Crippen molar-refractivity contribution in [3.63, 3.8) is 0 Å². The fourth-order valence-corrected chi connectivity index (χ4v) is 4.40. The third-order valence-electron chi connectivity index (χ3n) is 6.37. The van der Waals surface area contributed by atoms with E-state index in [1.54, 1.807) is 28.5 Å². The third-order valence-corrected chi connectivity index (χ3v) is 6.37. The van der Waals surface area contributed by atoms with Gasteiger partial charge in [-0.1, -0.05) is 0 Å². The van der Waals surface area contributed by atoms with E-state index >= 15 is 0 Å². The number of alkyl halides is 6. The zero-order chi connectivity index (χ0) is 28.1. The topological polar surface area (TPSA) is 75.9 Å². The summed E-state index contributed by atoms with van der Waals surface area (Å²) in [7, 11) is 0. The number of nitrogens with zero attached hydrogens (tertiary/aromatic N) is 5. The summed E-state index contributed by atoms with van der Waals surface area (Å²) >= 11 is 0. The number of hydrogen-bond acceptors (Lipinski definition) is 5. The number of pyridine rings is 1. The van der Waals surface area contributed by atoms with Crippen LogP contribution in [-0.4, -0.2) is 25.7 Å². The standard InChI is InChI=1S/C26H20F6N6O/c1-14(20-12-18(9-10-33-20)26(30,31)32)34-24(39)16-3-8-21-22(11-16)38-15(2)35-36-23(38)13-37(21)19-6-4-17(5-7-19)25(27,28)29/h3-12,14H,13H2,1-2H3,(H,34,39)/t14-/m0/s1. The molecule has 0 aliphatic carbocycles. The molecular formula is C26H20F6N6O. The molecule has 1 N–H and O–H groups in total. The van der Waals surface area contributed by atoms with Gasteiger partial charge in [-0.05, 0) is 68.4 Å². The Morgan fingerprint density at radius 1 is 0.897 bits per heavy atom. The number of rotatable bonds is 4. The normalized spacial score (nSPS) is 14.0. The zero-order valence-electron chi connectivity index (χ0n) is 20.5. The molecule has 4 aromatic rings. The molecular weight excluding hydrogens is 526 g/mol. The van der Waals surface area contributed by atoms with Crippen LogP contribution < -0.4 is 10.2 Å². The number of hydrogen-bond donors (Lipinski definition) is 1. The van der Waals surface area contributed by atoms with Crippen LogP contribution in [0.5, 0.6) is 0 Å². The highest BCUT2D eigenvalue weighted by Crippen LogP contribution is 2.39. The third kappa shape index (κ3) is 5.03. The van der Waals surface area contributed by atoms with Crippen LogP contribution >= 0.6 is 0 Å². The maximum absolute atomic E-state index is 13.1. The average molecular weight is 546 g/mol. The van der Waals surface area contributed by atoms with E-state index in [1.807, 2.05) is 0 Å². The summed E-state index contributed by atoms with van der Waals surface area (Å²) in [6, 6.07) is 10.4. The Labute approximate surface area is 218 Å². The first kappa shape index (κ1) is 26.2. The molecule has 0 saturated carbocycles. The van der Waals surface area contributed by atoms with E-state index in [-0.39, 0.29) is 17.8 Å². The molecule has 13 heteroatoms. The largest absolute Gasteiger partial charge is 0.416 e. The monoisotopic (exact) mass is 546 g/mol. The molecule has 7 nitrogen and oxygen atoms in total. The Hall–Kier alpha value is -4.42. The summed E-state index contributed by atoms with van der Waals surface area (Å²) in [5.41, 5.74) is 0.214. The lowest BCUT2D eigenvalue weighted by molar-refractivity contribution is -0.138. The number of benzene rings is 2. The van der Waals surface area contributed by atoms with Gasteiger partial charge in [-0.3, -0.25) is 14.3 Å². The lowest BCUT2D eigenvalue weighted by atomic mass is 10.1. The van der Waals surface area contributed by atoms with Crippen LogP contribution in [0.3, 0.4) is 0 Å². The molecule has 1 atom stereocenters. The quantitative estimate of drug-likeness (QED) is 0.311. The van der Waals surface area contributed by atoms with Crippen LogP contribution in [0.4, 0.5) is 37.7 Å². The number of nitrogens with one attached hydrogen (secondary N) is 1. The molecule has 202 valence electrons. The minimum atomic E-state index is -4.55. The lowest BCUT2D eigenvalue weighted by Crippen LogP contribution is -2.29. The summed E-state index contributed by atoms with van der Waals surface area (Å²) in [6.45, 7) is 3.47. The van der Waals surface area contributed by atoms with Gasteiger partial charge in [0.25, 0.3) is 5.91 Å². The minimum absolute atomic E-state index is 0.0431. The van der Waals surface area contributed by atoms with Crippen LogP contribution in [0.15, 0.2) is 60.8 Å². The van der Waals surface area contributed by atoms with Crippen molar-refractivity contribution in [1.82, 2.24) is 25.1 Å². The fraction of sp³-hybridized carbons (Fsp3) is 0.231. The van der Waals surface area contributed by atoms with E-state index < -0.39 is 35.4 Å². The van der Waals surface area contributed by atoms with E-state index in [4.69, 9.17) is 0 Å². The van der Waals surface area contributed by atoms with Gasteiger partial charge >= 0.3 is 12.4 Å². The highest BCUT2D eigenvalue weighted by Gasteiger charge is 2.33. The van der Waals surface area contributed by atoms with E-state index in [1.165, 1.54) is 25.1 Å². The Bertz CT molecular complexity index is 1540. The van der Waals surface area contributed by atoms with Crippen molar-refractivity contribution in [3.8, 4) is 5.69 Å². The highest BCUT2D eigenvalue weighted by atomic mass is 19.4. The molecule has 0 bridgehead atoms. The summed E-state index contributed by atoms with van der Waals surface area (Å²) in [5.74, 6) is 0.500. The van der Waals surface area contributed by atoms with Crippen LogP contribution in [0, 0.1) is 6.92 Å². The maximum atomic E-state index is 13.1. The molecule has 2 aromatic heterocycles. The van der Waals surface area contributed by atoms with Gasteiger partial charge in [0.05, 0.1) is 40.8 Å². The van der Waals surface area contributed by atoms with Crippen molar-refractivity contribution in [2.45, 2.75) is 38.8 Å². The van der Waals surface area contributed by atoms with Gasteiger partial charge in [0.1, 0.15) is 5.82 Å². The van der Waals surface area contributed by atoms with E-state index in [0.29, 0.717) is 28.7 Å². The van der Waals surface area contributed by atoms with Crippen molar-refractivity contribution in [3.05, 3.63) is 94.8 Å². The van der Waals surface area contributed by atoms with Gasteiger partial charge in [0.15, 0.2) is 5.82 Å². The number of carbonyl (C=O) groups is 1. The van der Waals surface area contributed by atoms with E-state index in [2.05, 4.69) is 20.5 Å². The minimum Gasteiger partial charge on any atom is -0.344 e. The molecule has 1 aliphatic heterocycles. The predicted octanol–water partition coefficient (Wildman–Crippen LogP) is 6.15. The summed E-state index contributed by atoms with van der Waals surface area (Å²) in [6.07, 6.45) is -7.99. The number of carbonyl (C=O) groups excluding carboxylic acids is 1. The molecule has 39 heavy (non-hydrogen) atoms. The number of aryl methyl sites for hydroxylation is 1. The van der Waals surface area contributed by atoms with Gasteiger partial charge in [0, 0.05) is 17.4 Å². The first-order valence-corrected chi connectivity index (χ1v) is 11.7. The SMILES string of the molecule is Cc1nnc2n1-c1cc(C(=O)N[C@@H](C)c3cc(C(F)(F)F)ccn3)ccc1N(c1ccc(C(F)(F)F)cc1)C2. The number of halogens is 6. The number of amides is 1. The Morgan fingerprint density at radius 3 is 2.26 bits per heavy atom. The maximum Gasteiger partial charge on any atom is 0.416 e. The van der Waals surface area contributed by atoms with Crippen LogP contribution in [0.2, 0.25) is 0 Å². The molecule has 1 aliphatic rings. The molecule has 3 heterocycles. The predicted molar refractivity (Wildman–Crippen MR) is 129 cm³/mol. The molecule has 0 fully saturated rings. The Morgan fingerprint density at radius 2 is 1.59 bits per heavy atom. The van der Waals surface area contributed by atoms with Gasteiger partial charge in [-0.2, -0.15) is 26.3 Å². The van der Waals surface area contributed by atoms with E-state index in [0.717, 1.165) is 30.5 Å². The second-order valence-corrected chi connectivity index (χ2v) is 9.00. The first-order valence-electron chi connectivity index (χ1n) is 11.7. The summed E-state index contributed by atoms with van der Waals surface area (Å²) in [4.78, 5) is 18.8. The molecule has 0 radical (unpaired) electrons. The van der Waals surface area contributed by atoms with E-state index in [9.17, 15) is 31.1 Å². The Balaban J connectivity index is 1.46. The van der Waals surface area contributed by atoms with Crippen LogP contribution in [0.1, 0.15) is 51.8 Å². The first-order chi connectivity index (χ1) is 18.3. The summed E-state index contributed by atoms with van der Waals surface area (Å²) < 4.78 is 80.2. The zero-order valence-corrected chi connectivity index (χ0v) is 20.5. The van der Waals surface area contributed by atoms with Gasteiger partial charge in [0.2, 0.25) is 0 Å². The van der Waals surface area contributed by atoms with Gasteiger partial charge < -0.3 is 10.2 Å². The highest BCUT2D eigenvalue weighted by molar-refractivity contribution is 5.96. The van der Waals surface area contributed by atoms with Crippen molar-refractivity contribution in [2.75, 3.05) is 4.90 Å². The number of anilines is 2. The molecule has 5 rings (SSSR count). The van der Waals surface area contributed by atoms with Gasteiger partial charge in [-0.15, -0.1) is 10.2 Å². The number of fused-ring (bicyclic) bond motifs is 3. The van der Waals surface area contributed by atoms with Crippen molar-refractivity contribution >= 4 is 17.3 Å². The summed E-state index contributed by atoms with van der Waals surface area (Å²) in [5, 5.41) is 10.9. The van der Waals surface area contributed by atoms with Crippen LogP contribution in [0.25, 0.3) is 5.69 Å². The Kier molecular flexibility index (Phi) is 6.31. The van der Waals surface area contributed by atoms with Crippen molar-refractivity contribution in [2.24, 2.45) is 0 Å². The molecule has 0 spiro atoms. The molecule has 0 saturated heterocycles. The number of aromatic nitrogens is 4. The lowest BCUT2D eigenvalue weighted by Gasteiger charge is -2.32. The molecule has 2 aromatic carbocycles. The molecule has 1 amide bonds. The molecule has 0 unspecified atom stereocenters. The van der Waals surface area contributed by atoms with Gasteiger partial charge in [-0.25, -0.2) is 0 Å². The average Bonchev–Trinajstić information content (AvgIpc) is 3.27. The fourth-order valence-electron chi connectivity index (χ4n) is 4.40.